The van der Waals surface area contributed by atoms with Gasteiger partial charge in [-0.05, 0) is 73.1 Å². The number of fused-ring (bicyclic) bond motifs is 4. The van der Waals surface area contributed by atoms with E-state index in [0.29, 0.717) is 38.4 Å². The van der Waals surface area contributed by atoms with Crippen molar-refractivity contribution in [1.29, 1.82) is 0 Å². The zero-order chi connectivity index (χ0) is 32.7. The van der Waals surface area contributed by atoms with Crippen LogP contribution in [-0.4, -0.2) is 66.8 Å². The number of aryl methyl sites for hydroxylation is 1. The third-order valence-corrected chi connectivity index (χ3v) is 9.91. The quantitative estimate of drug-likeness (QED) is 0.260. The summed E-state index contributed by atoms with van der Waals surface area (Å²) in [7, 11) is 1.79. The minimum atomic E-state index is -0.0711. The Kier molecular flexibility index (Phi) is 17.0. The van der Waals surface area contributed by atoms with Gasteiger partial charge in [0.15, 0.2) is 0 Å². The van der Waals surface area contributed by atoms with E-state index in [-0.39, 0.29) is 27.3 Å². The monoisotopic (exact) mass is 701 g/mol. The molecule has 7 N–H and O–H groups in total. The highest BCUT2D eigenvalue weighted by Gasteiger charge is 2.28. The third-order valence-electron chi connectivity index (χ3n) is 9.04. The molecule has 1 aromatic carbocycles. The van der Waals surface area contributed by atoms with E-state index in [4.69, 9.17) is 25.0 Å². The topological polar surface area (TPSA) is 141 Å². The van der Waals surface area contributed by atoms with E-state index in [2.05, 4.69) is 87.1 Å². The lowest BCUT2D eigenvalue weighted by Crippen LogP contribution is -2.35. The molecule has 4 bridgehead atoms. The number of hydrogen-bond donors (Lipinski definition) is 2. The van der Waals surface area contributed by atoms with Crippen molar-refractivity contribution in [3.8, 4) is 11.3 Å². The summed E-state index contributed by atoms with van der Waals surface area (Å²) >= 11 is 1.74. The van der Waals surface area contributed by atoms with Crippen molar-refractivity contribution in [3.63, 3.8) is 0 Å². The maximum absolute atomic E-state index is 6.44. The van der Waals surface area contributed by atoms with Gasteiger partial charge in [-0.2, -0.15) is 0 Å². The van der Waals surface area contributed by atoms with Gasteiger partial charge in [-0.3, -0.25) is 5.84 Å². The first-order valence-electron chi connectivity index (χ1n) is 17.0. The Labute approximate surface area is 302 Å². The van der Waals surface area contributed by atoms with Gasteiger partial charge in [0.25, 0.3) is 0 Å². The molecule has 3 aromatic rings. The van der Waals surface area contributed by atoms with E-state index < -0.39 is 0 Å². The molecule has 0 amide bonds. The maximum Gasteiger partial charge on any atom is 0.111 e. The molecule has 278 valence electrons. The summed E-state index contributed by atoms with van der Waals surface area (Å²) in [5.41, 5.74) is 8.65. The first-order chi connectivity index (χ1) is 22.2. The molecule has 5 rings (SSSR count). The number of aromatic nitrogens is 2. The van der Waals surface area contributed by atoms with Crippen LogP contribution in [0.25, 0.3) is 27.7 Å². The molecule has 9 nitrogen and oxygen atoms in total. The van der Waals surface area contributed by atoms with Crippen molar-refractivity contribution in [3.05, 3.63) is 69.7 Å². The number of thiazole rings is 1. The van der Waals surface area contributed by atoms with Crippen LogP contribution in [0.4, 0.5) is 0 Å². The van der Waals surface area contributed by atoms with Crippen molar-refractivity contribution in [2.45, 2.75) is 80.7 Å². The van der Waals surface area contributed by atoms with Crippen molar-refractivity contribution in [2.75, 3.05) is 46.8 Å². The van der Waals surface area contributed by atoms with Crippen LogP contribution in [-0.2, 0) is 33.6 Å². The number of rotatable bonds is 4. The third kappa shape index (κ3) is 10.9. The Morgan fingerprint density at radius 3 is 2.67 bits per heavy atom. The summed E-state index contributed by atoms with van der Waals surface area (Å²) in [5, 5.41) is 6.44. The van der Waals surface area contributed by atoms with E-state index >= 15 is 0 Å². The minimum Gasteiger partial charge on any atom is -0.412 e. The largest absolute Gasteiger partial charge is 0.412 e. The van der Waals surface area contributed by atoms with E-state index in [0.717, 1.165) is 68.1 Å². The summed E-state index contributed by atoms with van der Waals surface area (Å²) in [6.45, 7) is 16.3. The Morgan fingerprint density at radius 2 is 1.92 bits per heavy atom. The molecule has 0 saturated heterocycles. The van der Waals surface area contributed by atoms with Gasteiger partial charge in [0.1, 0.15) is 6.73 Å². The SMILES string of the molecule is C.CCn1c(C2=C(COC)CC=CC=C2)c2c3cc(ccc31)-c1csc(n1)CC(C)COCN(N)CCC[C@H](C)COCC(C)(C)C2.N.O.[HH].[HH]. The highest BCUT2D eigenvalue weighted by Crippen LogP contribution is 2.40. The average Bonchev–Trinajstić information content (AvgIpc) is 3.51. The van der Waals surface area contributed by atoms with Crippen LogP contribution in [0.3, 0.4) is 0 Å². The Hall–Kier alpha value is -2.67. The number of nitrogens with two attached hydrogens (primary N) is 1. The number of hydrazine groups is 1. The normalized spacial score (nSPS) is 21.2. The molecule has 0 fully saturated rings. The van der Waals surface area contributed by atoms with E-state index in [1.165, 1.54) is 33.3 Å². The molecular weight excluding hydrogens is 635 g/mol. The fourth-order valence-electron chi connectivity index (χ4n) is 6.75. The molecule has 2 aliphatic rings. The van der Waals surface area contributed by atoms with E-state index in [9.17, 15) is 0 Å². The van der Waals surface area contributed by atoms with Gasteiger partial charge in [-0.15, -0.1) is 11.3 Å². The van der Waals surface area contributed by atoms with Gasteiger partial charge in [0, 0.05) is 63.5 Å². The van der Waals surface area contributed by atoms with Crippen LogP contribution >= 0.6 is 11.3 Å². The van der Waals surface area contributed by atoms with Gasteiger partial charge in [-0.1, -0.05) is 65.5 Å². The predicted molar refractivity (Wildman–Crippen MR) is 211 cm³/mol. The first kappa shape index (κ1) is 42.5. The van der Waals surface area contributed by atoms with Crippen LogP contribution in [0.1, 0.15) is 80.4 Å². The summed E-state index contributed by atoms with van der Waals surface area (Å²) in [4.78, 5) is 5.10. The number of ether oxygens (including phenoxy) is 3. The van der Waals surface area contributed by atoms with Crippen LogP contribution in [0.5, 0.6) is 0 Å². The highest BCUT2D eigenvalue weighted by atomic mass is 32.1. The van der Waals surface area contributed by atoms with Crippen LogP contribution in [0.2, 0.25) is 0 Å². The first-order valence-corrected chi connectivity index (χ1v) is 17.9. The zero-order valence-electron chi connectivity index (χ0n) is 30.0. The Morgan fingerprint density at radius 1 is 1.14 bits per heavy atom. The van der Waals surface area contributed by atoms with E-state index in [1.54, 1.807) is 23.5 Å². The van der Waals surface area contributed by atoms with Crippen LogP contribution in [0.15, 0.2) is 53.5 Å². The van der Waals surface area contributed by atoms with E-state index in [1.807, 2.05) is 0 Å². The lowest BCUT2D eigenvalue weighted by molar-refractivity contribution is 0.00997. The summed E-state index contributed by atoms with van der Waals surface area (Å²) < 4.78 is 20.6. The average molecular weight is 702 g/mol. The van der Waals surface area contributed by atoms with Crippen molar-refractivity contribution in [1.82, 2.24) is 20.7 Å². The van der Waals surface area contributed by atoms with Crippen molar-refractivity contribution in [2.24, 2.45) is 23.1 Å². The molecule has 0 radical (unpaired) electrons. The summed E-state index contributed by atoms with van der Waals surface area (Å²) in [6, 6.07) is 6.92. The highest BCUT2D eigenvalue weighted by molar-refractivity contribution is 7.09. The Balaban J connectivity index is 0.00000500. The maximum atomic E-state index is 6.44. The fourth-order valence-corrected chi connectivity index (χ4v) is 7.71. The molecule has 2 aromatic heterocycles. The fraction of sp³-hybridized carbons (Fsp3) is 0.564. The number of allylic oxidation sites excluding steroid dienone is 5. The zero-order valence-corrected chi connectivity index (χ0v) is 30.8. The Bertz CT molecular complexity index is 1570. The molecule has 10 heteroatoms. The molecule has 3 heterocycles. The van der Waals surface area contributed by atoms with Gasteiger partial charge in [-0.25, -0.2) is 9.99 Å². The van der Waals surface area contributed by atoms with Gasteiger partial charge < -0.3 is 30.4 Å². The molecule has 2 atom stereocenters. The summed E-state index contributed by atoms with van der Waals surface area (Å²) in [5.74, 6) is 7.06. The second-order valence-corrected chi connectivity index (χ2v) is 15.0. The second kappa shape index (κ2) is 19.7. The minimum absolute atomic E-state index is 0. The van der Waals surface area contributed by atoms with Crippen LogP contribution < -0.4 is 12.0 Å². The molecule has 1 aliphatic heterocycles. The van der Waals surface area contributed by atoms with Crippen molar-refractivity contribution >= 4 is 27.8 Å². The van der Waals surface area contributed by atoms with Gasteiger partial charge in [0.2, 0.25) is 0 Å². The number of benzene rings is 1. The van der Waals surface area contributed by atoms with Crippen molar-refractivity contribution < 1.29 is 22.5 Å². The molecule has 1 aliphatic carbocycles. The lowest BCUT2D eigenvalue weighted by Gasteiger charge is -2.27. The van der Waals surface area contributed by atoms with Gasteiger partial charge in [0.05, 0.1) is 36.2 Å². The number of hydrogen-bond acceptors (Lipinski definition) is 8. The second-order valence-electron chi connectivity index (χ2n) is 14.1. The number of nitrogens with zero attached hydrogens (tertiary/aromatic N) is 3. The standard InChI is InChI=1S/C38H54N4O3S.CH4.H3N.H2O.2H2/c1-7-42-35-16-15-29-19-32(35)33(37(42)31-14-10-8-9-13-30(31)23-43-6)20-38(4,5)25-44-21-27(2)12-11-17-41(39)26-45-22-28(3)18-36-40-34(29)24-46-36;;;;;/h8-10,14-16,19,24,27-28H,7,11-13,17-18,20-23,25-26,39H2,1-6H3;1H4;1H3;1H2;2*1H/t27-,28?;;;;;/m0...../s1. The predicted octanol–water partition coefficient (Wildman–Crippen LogP) is 8.51. The summed E-state index contributed by atoms with van der Waals surface area (Å²) in [6.07, 6.45) is 13.6. The number of methoxy groups -OCH3 is 1. The van der Waals surface area contributed by atoms with Crippen LogP contribution in [0, 0.1) is 17.3 Å². The van der Waals surface area contributed by atoms with Gasteiger partial charge >= 0.3 is 0 Å². The molecule has 0 spiro atoms. The molecule has 49 heavy (non-hydrogen) atoms. The lowest BCUT2D eigenvalue weighted by atomic mass is 9.83. The smallest absolute Gasteiger partial charge is 0.111 e. The molecule has 1 unspecified atom stereocenters. The molecule has 0 saturated carbocycles. The molecular formula is C39H67N5O4S.